The fourth-order valence-electron chi connectivity index (χ4n) is 4.85. The maximum Gasteiger partial charge on any atom is 0.201 e. The van der Waals surface area contributed by atoms with Gasteiger partial charge in [0.2, 0.25) is 5.82 Å². The monoisotopic (exact) mass is 500 g/mol. The van der Waals surface area contributed by atoms with E-state index < -0.39 is 23.3 Å². The summed E-state index contributed by atoms with van der Waals surface area (Å²) in [5.74, 6) is -4.16. The maximum absolute atomic E-state index is 15.1. The molecule has 0 amide bonds. The van der Waals surface area contributed by atoms with Crippen LogP contribution in [0.2, 0.25) is 0 Å². The number of hydrogen-bond donors (Lipinski definition) is 0. The minimum absolute atomic E-state index is 0.0646. The Morgan fingerprint density at radius 2 is 1.39 bits per heavy atom. The zero-order valence-electron chi connectivity index (χ0n) is 20.8. The number of benzene rings is 3. The topological polar surface area (TPSA) is 18.5 Å². The van der Waals surface area contributed by atoms with Crippen molar-refractivity contribution in [3.63, 3.8) is 0 Å². The van der Waals surface area contributed by atoms with Crippen LogP contribution in [-0.2, 0) is 4.74 Å². The number of ether oxygens (including phenoxy) is 2. The largest absolute Gasteiger partial charge is 0.491 e. The Morgan fingerprint density at radius 3 is 1.97 bits per heavy atom. The first-order valence-electron chi connectivity index (χ1n) is 12.8. The lowest BCUT2D eigenvalue weighted by Crippen LogP contribution is -2.25. The molecule has 1 saturated heterocycles. The summed E-state index contributed by atoms with van der Waals surface area (Å²) in [7, 11) is 0. The van der Waals surface area contributed by atoms with Gasteiger partial charge in [-0.25, -0.2) is 13.2 Å². The molecule has 6 heteroatoms. The predicted molar refractivity (Wildman–Crippen MR) is 134 cm³/mol. The van der Waals surface area contributed by atoms with Gasteiger partial charge in [0.1, 0.15) is 0 Å². The van der Waals surface area contributed by atoms with E-state index in [2.05, 4.69) is 6.92 Å². The average molecular weight is 501 g/mol. The van der Waals surface area contributed by atoms with Gasteiger partial charge in [0.25, 0.3) is 0 Å². The molecule has 192 valence electrons. The zero-order valence-corrected chi connectivity index (χ0v) is 20.8. The van der Waals surface area contributed by atoms with Gasteiger partial charge in [-0.2, -0.15) is 4.39 Å². The molecule has 0 aromatic heterocycles. The van der Waals surface area contributed by atoms with Crippen molar-refractivity contribution in [2.24, 2.45) is 0 Å². The smallest absolute Gasteiger partial charge is 0.201 e. The summed E-state index contributed by atoms with van der Waals surface area (Å²) in [6.45, 7) is 4.46. The van der Waals surface area contributed by atoms with Crippen molar-refractivity contribution < 1.29 is 27.0 Å². The summed E-state index contributed by atoms with van der Waals surface area (Å²) in [6.07, 6.45) is 6.30. The lowest BCUT2D eigenvalue weighted by molar-refractivity contribution is -0.00277. The number of rotatable bonds is 9. The molecule has 4 rings (SSSR count). The van der Waals surface area contributed by atoms with E-state index in [0.29, 0.717) is 23.3 Å². The minimum Gasteiger partial charge on any atom is -0.491 e. The van der Waals surface area contributed by atoms with Crippen LogP contribution in [0.25, 0.3) is 22.3 Å². The Morgan fingerprint density at radius 1 is 0.750 bits per heavy atom. The number of unbranched alkanes of at least 4 members (excludes halogenated alkanes) is 2. The van der Waals surface area contributed by atoms with Crippen molar-refractivity contribution in [1.82, 2.24) is 0 Å². The standard InChI is InChI=1S/C30H32F4O2/c1-3-5-6-7-22-13-12-21(18-36-22)25-15-14-23(27(31)28(25)32)19-8-10-20(11-9-19)24-16-17-26(35-4-2)30(34)29(24)33/h8-11,14-17,21-22H,3-7,12-13,18H2,1-2H3. The van der Waals surface area contributed by atoms with Crippen molar-refractivity contribution in [3.8, 4) is 28.0 Å². The highest BCUT2D eigenvalue weighted by molar-refractivity contribution is 5.71. The minimum atomic E-state index is -1.05. The summed E-state index contributed by atoms with van der Waals surface area (Å²) in [5, 5.41) is 0. The zero-order chi connectivity index (χ0) is 25.7. The molecular formula is C30H32F4O2. The van der Waals surface area contributed by atoms with Gasteiger partial charge in [0.05, 0.1) is 19.3 Å². The molecule has 0 N–H and O–H groups in total. The van der Waals surface area contributed by atoms with E-state index in [4.69, 9.17) is 9.47 Å². The third-order valence-corrected chi connectivity index (χ3v) is 6.91. The highest BCUT2D eigenvalue weighted by atomic mass is 19.2. The van der Waals surface area contributed by atoms with Crippen LogP contribution in [0.15, 0.2) is 48.5 Å². The molecule has 1 fully saturated rings. The fourth-order valence-corrected chi connectivity index (χ4v) is 4.85. The fraction of sp³-hybridized carbons (Fsp3) is 0.400. The Labute approximate surface area is 210 Å². The van der Waals surface area contributed by atoms with Crippen LogP contribution in [0.4, 0.5) is 17.6 Å². The van der Waals surface area contributed by atoms with Crippen molar-refractivity contribution in [3.05, 3.63) is 77.4 Å². The second kappa shape index (κ2) is 11.9. The lowest BCUT2D eigenvalue weighted by atomic mass is 9.88. The summed E-state index contributed by atoms with van der Waals surface area (Å²) in [4.78, 5) is 0. The third kappa shape index (κ3) is 5.59. The summed E-state index contributed by atoms with van der Waals surface area (Å²) in [5.41, 5.74) is 1.39. The molecular weight excluding hydrogens is 468 g/mol. The molecule has 0 saturated carbocycles. The number of hydrogen-bond acceptors (Lipinski definition) is 2. The average Bonchev–Trinajstić information content (AvgIpc) is 2.90. The molecule has 0 bridgehead atoms. The van der Waals surface area contributed by atoms with Crippen LogP contribution < -0.4 is 4.74 Å². The third-order valence-electron chi connectivity index (χ3n) is 6.91. The maximum atomic E-state index is 15.1. The molecule has 1 heterocycles. The van der Waals surface area contributed by atoms with Gasteiger partial charge < -0.3 is 9.47 Å². The molecule has 3 aromatic carbocycles. The van der Waals surface area contributed by atoms with E-state index in [1.807, 2.05) is 0 Å². The van der Waals surface area contributed by atoms with Gasteiger partial charge in [-0.1, -0.05) is 62.6 Å². The molecule has 2 atom stereocenters. The Kier molecular flexibility index (Phi) is 8.68. The molecule has 1 aliphatic rings. The highest BCUT2D eigenvalue weighted by Crippen LogP contribution is 2.36. The molecule has 0 radical (unpaired) electrons. The van der Waals surface area contributed by atoms with E-state index in [1.165, 1.54) is 18.6 Å². The van der Waals surface area contributed by atoms with Gasteiger partial charge in [-0.05, 0) is 55.0 Å². The second-order valence-corrected chi connectivity index (χ2v) is 9.31. The van der Waals surface area contributed by atoms with Crippen LogP contribution in [0, 0.1) is 23.3 Å². The Bertz CT molecular complexity index is 1170. The first-order chi connectivity index (χ1) is 17.4. The van der Waals surface area contributed by atoms with Gasteiger partial charge in [-0.3, -0.25) is 0 Å². The first kappa shape index (κ1) is 26.2. The molecule has 0 spiro atoms. The normalized spacial score (nSPS) is 17.8. The van der Waals surface area contributed by atoms with Crippen LogP contribution in [0.1, 0.15) is 63.9 Å². The van der Waals surface area contributed by atoms with Crippen molar-refractivity contribution in [2.45, 2.75) is 64.4 Å². The van der Waals surface area contributed by atoms with Crippen LogP contribution in [-0.4, -0.2) is 19.3 Å². The van der Waals surface area contributed by atoms with Gasteiger partial charge in [0.15, 0.2) is 23.2 Å². The Balaban J connectivity index is 1.49. The van der Waals surface area contributed by atoms with E-state index in [1.54, 1.807) is 43.3 Å². The highest BCUT2D eigenvalue weighted by Gasteiger charge is 2.27. The molecule has 3 aromatic rings. The second-order valence-electron chi connectivity index (χ2n) is 9.31. The summed E-state index contributed by atoms with van der Waals surface area (Å²) >= 11 is 0. The summed E-state index contributed by atoms with van der Waals surface area (Å²) < 4.78 is 70.0. The Hall–Kier alpha value is -2.86. The first-order valence-corrected chi connectivity index (χ1v) is 12.8. The SMILES string of the molecule is CCCCCC1CCC(c2ccc(-c3ccc(-c4ccc(OCC)c(F)c4F)cc3)c(F)c2F)CO1. The number of halogens is 4. The van der Waals surface area contributed by atoms with E-state index in [9.17, 15) is 8.78 Å². The van der Waals surface area contributed by atoms with Crippen molar-refractivity contribution in [1.29, 1.82) is 0 Å². The molecule has 2 unspecified atom stereocenters. The molecule has 1 aliphatic heterocycles. The van der Waals surface area contributed by atoms with Crippen molar-refractivity contribution >= 4 is 0 Å². The van der Waals surface area contributed by atoms with Crippen LogP contribution >= 0.6 is 0 Å². The quantitative estimate of drug-likeness (QED) is 0.216. The molecule has 36 heavy (non-hydrogen) atoms. The van der Waals surface area contributed by atoms with E-state index >= 15 is 8.78 Å². The lowest BCUT2D eigenvalue weighted by Gasteiger charge is -2.29. The van der Waals surface area contributed by atoms with Gasteiger partial charge in [-0.15, -0.1) is 0 Å². The van der Waals surface area contributed by atoms with Gasteiger partial charge >= 0.3 is 0 Å². The predicted octanol–water partition coefficient (Wildman–Crippen LogP) is 8.82. The molecule has 0 aliphatic carbocycles. The van der Waals surface area contributed by atoms with Crippen LogP contribution in [0.5, 0.6) is 5.75 Å². The van der Waals surface area contributed by atoms with E-state index in [0.717, 1.165) is 32.1 Å². The van der Waals surface area contributed by atoms with E-state index in [-0.39, 0.29) is 35.5 Å². The van der Waals surface area contributed by atoms with Crippen LogP contribution in [0.3, 0.4) is 0 Å². The van der Waals surface area contributed by atoms with Gasteiger partial charge in [0, 0.05) is 17.0 Å². The summed E-state index contributed by atoms with van der Waals surface area (Å²) in [6, 6.07) is 12.3. The van der Waals surface area contributed by atoms with Crippen molar-refractivity contribution in [2.75, 3.05) is 13.2 Å². The molecule has 2 nitrogen and oxygen atoms in total.